The summed E-state index contributed by atoms with van der Waals surface area (Å²) in [6.07, 6.45) is 4.08. The van der Waals surface area contributed by atoms with Crippen molar-refractivity contribution < 1.29 is 19.0 Å². The maximum absolute atomic E-state index is 12.3. The Balaban J connectivity index is 2.00. The number of likely N-dealkylation sites (tertiary alicyclic amines) is 1. The van der Waals surface area contributed by atoms with E-state index in [1.807, 2.05) is 33.9 Å². The molecule has 180 valence electrons. The maximum atomic E-state index is 12.3. The van der Waals surface area contributed by atoms with Crippen LogP contribution in [0.15, 0.2) is 28.2 Å². The first kappa shape index (κ1) is 25.5. The van der Waals surface area contributed by atoms with Crippen LogP contribution < -0.4 is 5.73 Å². The third-order valence-electron chi connectivity index (χ3n) is 5.41. The van der Waals surface area contributed by atoms with Crippen molar-refractivity contribution >= 4 is 17.9 Å². The molecule has 1 amide bonds. The third kappa shape index (κ3) is 7.17. The van der Waals surface area contributed by atoms with Crippen molar-refractivity contribution in [3.8, 4) is 0 Å². The summed E-state index contributed by atoms with van der Waals surface area (Å²) in [6, 6.07) is 0. The Morgan fingerprint density at radius 1 is 1.25 bits per heavy atom. The zero-order chi connectivity index (χ0) is 23.9. The Morgan fingerprint density at radius 2 is 1.97 bits per heavy atom. The van der Waals surface area contributed by atoms with Crippen LogP contribution in [0.5, 0.6) is 0 Å². The Hall–Kier alpha value is -2.71. The molecule has 0 unspecified atom stereocenters. The number of nitrogens with zero attached hydrogens (tertiary/aromatic N) is 3. The van der Waals surface area contributed by atoms with E-state index in [2.05, 4.69) is 16.8 Å². The van der Waals surface area contributed by atoms with Gasteiger partial charge in [-0.2, -0.15) is 0 Å². The van der Waals surface area contributed by atoms with Gasteiger partial charge in [0.05, 0.1) is 19.2 Å². The molecule has 3 N–H and O–H groups in total. The lowest BCUT2D eigenvalue weighted by molar-refractivity contribution is 0.0273. The average molecular weight is 450 g/mol. The van der Waals surface area contributed by atoms with Crippen LogP contribution in [0.25, 0.3) is 0 Å². The molecule has 0 bridgehead atoms. The number of hydrogen-bond acceptors (Lipinski definition) is 8. The minimum Gasteiger partial charge on any atom is -0.484 e. The van der Waals surface area contributed by atoms with Gasteiger partial charge < -0.3 is 29.7 Å². The maximum Gasteiger partial charge on any atom is 0.410 e. The molecule has 1 saturated heterocycles. The number of rotatable bonds is 6. The summed E-state index contributed by atoms with van der Waals surface area (Å²) >= 11 is 0. The molecule has 2 rings (SSSR count). The average Bonchev–Trinajstić information content (AvgIpc) is 3.19. The highest BCUT2D eigenvalue weighted by molar-refractivity contribution is 5.92. The third-order valence-corrected chi connectivity index (χ3v) is 5.41. The first-order chi connectivity index (χ1) is 15.1. The van der Waals surface area contributed by atoms with Crippen molar-refractivity contribution in [3.63, 3.8) is 0 Å². The molecular formula is C23H39N5O4. The molecule has 2 heterocycles. The first-order valence-corrected chi connectivity index (χ1v) is 11.3. The molecular weight excluding hydrogens is 410 g/mol. The fraction of sp³-hybridized carbons (Fsp3) is 0.696. The van der Waals surface area contributed by atoms with Gasteiger partial charge in [-0.15, -0.1) is 0 Å². The lowest BCUT2D eigenvalue weighted by Gasteiger charge is -2.33. The quantitative estimate of drug-likeness (QED) is 0.473. The Labute approximate surface area is 191 Å². The van der Waals surface area contributed by atoms with Crippen molar-refractivity contribution in [1.82, 2.24) is 9.80 Å². The lowest BCUT2D eigenvalue weighted by atomic mass is 10.0. The van der Waals surface area contributed by atoms with E-state index in [1.165, 1.54) is 0 Å². The summed E-state index contributed by atoms with van der Waals surface area (Å²) in [5, 5.41) is 8.53. The summed E-state index contributed by atoms with van der Waals surface area (Å²) in [7, 11) is 1.62. The highest BCUT2D eigenvalue weighted by atomic mass is 16.6. The monoisotopic (exact) mass is 449 g/mol. The number of ether oxygens (including phenoxy) is 3. The molecule has 2 aliphatic rings. The largest absolute Gasteiger partial charge is 0.484 e. The number of nitrogens with two attached hydrogens (primary N) is 1. The van der Waals surface area contributed by atoms with Crippen molar-refractivity contribution in [2.24, 2.45) is 10.7 Å². The van der Waals surface area contributed by atoms with Gasteiger partial charge in [-0.1, -0.05) is 13.8 Å². The molecule has 0 spiro atoms. The van der Waals surface area contributed by atoms with E-state index in [0.717, 1.165) is 25.1 Å². The molecule has 9 nitrogen and oxygen atoms in total. The highest BCUT2D eigenvalue weighted by Gasteiger charge is 2.32. The molecule has 0 radical (unpaired) electrons. The van der Waals surface area contributed by atoms with E-state index >= 15 is 0 Å². The van der Waals surface area contributed by atoms with Gasteiger partial charge in [0, 0.05) is 56.5 Å². The Morgan fingerprint density at radius 3 is 2.56 bits per heavy atom. The summed E-state index contributed by atoms with van der Waals surface area (Å²) in [4.78, 5) is 20.5. The molecule has 1 atom stereocenters. The van der Waals surface area contributed by atoms with E-state index in [4.69, 9.17) is 25.4 Å². The minimum absolute atomic E-state index is 0.0772. The van der Waals surface area contributed by atoms with E-state index in [0.29, 0.717) is 49.6 Å². The molecule has 0 aromatic heterocycles. The van der Waals surface area contributed by atoms with Crippen LogP contribution in [0.4, 0.5) is 4.79 Å². The van der Waals surface area contributed by atoms with Gasteiger partial charge in [0.2, 0.25) is 5.90 Å². The van der Waals surface area contributed by atoms with Crippen molar-refractivity contribution in [1.29, 1.82) is 5.41 Å². The molecule has 1 fully saturated rings. The van der Waals surface area contributed by atoms with Crippen LogP contribution in [-0.4, -0.2) is 72.7 Å². The second kappa shape index (κ2) is 11.2. The summed E-state index contributed by atoms with van der Waals surface area (Å²) < 4.78 is 16.6. The summed E-state index contributed by atoms with van der Waals surface area (Å²) in [6.45, 7) is 11.8. The number of nitrogens with one attached hydrogen (secondary N) is 1. The predicted molar refractivity (Wildman–Crippen MR) is 126 cm³/mol. The highest BCUT2D eigenvalue weighted by Crippen LogP contribution is 2.24. The Kier molecular flexibility index (Phi) is 8.98. The number of methoxy groups -OCH3 is 1. The van der Waals surface area contributed by atoms with Gasteiger partial charge in [0.25, 0.3) is 0 Å². The zero-order valence-corrected chi connectivity index (χ0v) is 20.4. The standard InChI is InChI=1S/C23H39N5O4/c1-7-16(13-26-20(8-2)30-6)27-12-10-19(24)18(15-27)21(25)31-17-9-11-28(14-17)22(29)32-23(3,4)5/h13,17,25H,7-12,14-15,24H2,1-6H3/b16-13+,25-21?,26-20?/t17-/m0/s1. The number of hydrogen-bond donors (Lipinski definition) is 2. The van der Waals surface area contributed by atoms with Crippen LogP contribution in [0.1, 0.15) is 60.3 Å². The molecule has 0 saturated carbocycles. The summed E-state index contributed by atoms with van der Waals surface area (Å²) in [5.41, 5.74) is 8.14. The van der Waals surface area contributed by atoms with Crippen molar-refractivity contribution in [2.45, 2.75) is 72.0 Å². The minimum atomic E-state index is -0.538. The molecule has 0 aromatic carbocycles. The second-order valence-electron chi connectivity index (χ2n) is 9.01. The molecule has 2 aliphatic heterocycles. The van der Waals surface area contributed by atoms with E-state index in [-0.39, 0.29) is 18.1 Å². The van der Waals surface area contributed by atoms with Crippen LogP contribution in [0, 0.1) is 5.41 Å². The van der Waals surface area contributed by atoms with Gasteiger partial charge in [-0.25, -0.2) is 9.79 Å². The van der Waals surface area contributed by atoms with Gasteiger partial charge in [-0.3, -0.25) is 5.41 Å². The van der Waals surface area contributed by atoms with Gasteiger partial charge >= 0.3 is 6.09 Å². The zero-order valence-electron chi connectivity index (χ0n) is 20.4. The SMILES string of the molecule is CCC(=N/C=C(\CC)N1CCC(N)=C(C(=N)O[C@H]2CCN(C(=O)OC(C)(C)C)C2)C1)OC. The van der Waals surface area contributed by atoms with Crippen molar-refractivity contribution in [2.75, 3.05) is 33.3 Å². The second-order valence-corrected chi connectivity index (χ2v) is 9.01. The summed E-state index contributed by atoms with van der Waals surface area (Å²) in [5.74, 6) is 0.753. The number of carbonyl (C=O) groups excluding carboxylic acids is 1. The molecule has 0 aliphatic carbocycles. The molecule has 9 heteroatoms. The number of allylic oxidation sites excluding steroid dienone is 1. The van der Waals surface area contributed by atoms with E-state index < -0.39 is 5.60 Å². The lowest BCUT2D eigenvalue weighted by Crippen LogP contribution is -2.38. The Bertz CT molecular complexity index is 776. The van der Waals surface area contributed by atoms with Crippen molar-refractivity contribution in [3.05, 3.63) is 23.2 Å². The van der Waals surface area contributed by atoms with Gasteiger partial charge in [0.1, 0.15) is 11.7 Å². The first-order valence-electron chi connectivity index (χ1n) is 11.3. The fourth-order valence-corrected chi connectivity index (χ4v) is 3.63. The van der Waals surface area contributed by atoms with Crippen LogP contribution in [-0.2, 0) is 14.2 Å². The molecule has 32 heavy (non-hydrogen) atoms. The van der Waals surface area contributed by atoms with E-state index in [9.17, 15) is 4.79 Å². The van der Waals surface area contributed by atoms with Crippen LogP contribution >= 0.6 is 0 Å². The number of amides is 1. The number of aliphatic imine (C=N–C) groups is 1. The normalized spacial score (nSPS) is 20.5. The smallest absolute Gasteiger partial charge is 0.410 e. The fourth-order valence-electron chi connectivity index (χ4n) is 3.63. The molecule has 0 aromatic rings. The number of carbonyl (C=O) groups is 1. The topological polar surface area (TPSA) is 113 Å². The van der Waals surface area contributed by atoms with Gasteiger partial charge in [0.15, 0.2) is 5.90 Å². The van der Waals surface area contributed by atoms with Gasteiger partial charge in [-0.05, 0) is 27.2 Å². The van der Waals surface area contributed by atoms with Crippen LogP contribution in [0.3, 0.4) is 0 Å². The van der Waals surface area contributed by atoms with Crippen LogP contribution in [0.2, 0.25) is 0 Å². The predicted octanol–water partition coefficient (Wildman–Crippen LogP) is 3.61. The van der Waals surface area contributed by atoms with E-state index in [1.54, 1.807) is 12.0 Å².